The summed E-state index contributed by atoms with van der Waals surface area (Å²) in [5.41, 5.74) is 1.74. The predicted molar refractivity (Wildman–Crippen MR) is 110 cm³/mol. The number of ether oxygens (including phenoxy) is 1. The lowest BCUT2D eigenvalue weighted by molar-refractivity contribution is -0.151. The molecular formula is C22H23FN4O3. The van der Waals surface area contributed by atoms with Crippen molar-refractivity contribution in [3.63, 3.8) is 0 Å². The third-order valence-corrected chi connectivity index (χ3v) is 5.46. The minimum absolute atomic E-state index is 0.260. The van der Waals surface area contributed by atoms with Crippen LogP contribution in [0.15, 0.2) is 59.6 Å². The summed E-state index contributed by atoms with van der Waals surface area (Å²) in [6, 6.07) is 15.1. The summed E-state index contributed by atoms with van der Waals surface area (Å²) in [6.45, 7) is 2.69. The van der Waals surface area contributed by atoms with E-state index >= 15 is 0 Å². The third kappa shape index (κ3) is 3.98. The maximum atomic E-state index is 13.2. The first-order chi connectivity index (χ1) is 14.6. The van der Waals surface area contributed by atoms with Crippen molar-refractivity contribution in [2.45, 2.75) is 6.04 Å². The highest BCUT2D eigenvalue weighted by Crippen LogP contribution is 2.31. The normalized spacial score (nSPS) is 21.7. The molecule has 1 saturated heterocycles. The zero-order chi connectivity index (χ0) is 21.1. The molecule has 30 heavy (non-hydrogen) atoms. The van der Waals surface area contributed by atoms with Crippen LogP contribution < -0.4 is 10.2 Å². The van der Waals surface area contributed by atoms with Gasteiger partial charge >= 0.3 is 5.97 Å². The summed E-state index contributed by atoms with van der Waals surface area (Å²) in [4.78, 5) is 33.9. The Balaban J connectivity index is 1.54. The first-order valence-electron chi connectivity index (χ1n) is 9.83. The molecule has 2 aromatic rings. The van der Waals surface area contributed by atoms with Gasteiger partial charge in [0, 0.05) is 31.9 Å². The molecule has 0 radical (unpaired) electrons. The standard InChI is InChI=1S/C22H23FN4O3/c1-30-21(29)18-19(15-5-3-2-4-6-15)24-22(25-20(18)28)27-13-11-26(12-14-27)17-9-7-16(23)8-10-17/h2-10,18-19H,11-14H2,1H3,(H,24,25,28)/t18-,19-/m0/s1. The molecule has 1 amide bonds. The SMILES string of the molecule is COC(=O)[C@@H]1C(=O)NC(N2CCN(c3ccc(F)cc3)CC2)=N[C@H]1c1ccccc1. The zero-order valence-electron chi connectivity index (χ0n) is 16.6. The van der Waals surface area contributed by atoms with Crippen LogP contribution in [0.5, 0.6) is 0 Å². The Labute approximate surface area is 174 Å². The van der Waals surface area contributed by atoms with Crippen molar-refractivity contribution < 1.29 is 18.7 Å². The van der Waals surface area contributed by atoms with Gasteiger partial charge in [0.15, 0.2) is 5.92 Å². The lowest BCUT2D eigenvalue weighted by Crippen LogP contribution is -2.57. The van der Waals surface area contributed by atoms with Crippen molar-refractivity contribution in [1.29, 1.82) is 0 Å². The summed E-state index contributed by atoms with van der Waals surface area (Å²) in [6.07, 6.45) is 0. The monoisotopic (exact) mass is 410 g/mol. The molecule has 0 bridgehead atoms. The van der Waals surface area contributed by atoms with Crippen LogP contribution in [0.25, 0.3) is 0 Å². The minimum atomic E-state index is -1.03. The van der Waals surface area contributed by atoms with Gasteiger partial charge < -0.3 is 14.5 Å². The van der Waals surface area contributed by atoms with Crippen LogP contribution in [0.4, 0.5) is 10.1 Å². The van der Waals surface area contributed by atoms with Crippen molar-refractivity contribution in [3.8, 4) is 0 Å². The molecule has 7 nitrogen and oxygen atoms in total. The van der Waals surface area contributed by atoms with E-state index in [1.54, 1.807) is 12.1 Å². The molecule has 0 aromatic heterocycles. The second-order valence-corrected chi connectivity index (χ2v) is 7.25. The maximum Gasteiger partial charge on any atom is 0.320 e. The molecule has 1 fully saturated rings. The number of rotatable bonds is 3. The number of hydrogen-bond donors (Lipinski definition) is 1. The van der Waals surface area contributed by atoms with Gasteiger partial charge in [-0.05, 0) is 29.8 Å². The summed E-state index contributed by atoms with van der Waals surface area (Å²) in [5.74, 6) is -1.84. The Morgan fingerprint density at radius 1 is 1.03 bits per heavy atom. The average Bonchev–Trinajstić information content (AvgIpc) is 2.79. The van der Waals surface area contributed by atoms with Gasteiger partial charge in [0.05, 0.1) is 7.11 Å². The number of benzene rings is 2. The molecule has 0 spiro atoms. The highest BCUT2D eigenvalue weighted by Gasteiger charge is 2.41. The number of piperazine rings is 1. The molecule has 156 valence electrons. The van der Waals surface area contributed by atoms with Gasteiger partial charge in [0.1, 0.15) is 11.9 Å². The number of anilines is 1. The number of methoxy groups -OCH3 is 1. The van der Waals surface area contributed by atoms with Gasteiger partial charge in [-0.15, -0.1) is 0 Å². The highest BCUT2D eigenvalue weighted by atomic mass is 19.1. The molecule has 2 aliphatic rings. The van der Waals surface area contributed by atoms with E-state index in [0.717, 1.165) is 11.3 Å². The molecule has 0 unspecified atom stereocenters. The van der Waals surface area contributed by atoms with Crippen molar-refractivity contribution in [3.05, 3.63) is 66.0 Å². The van der Waals surface area contributed by atoms with Crippen LogP contribution in [0.2, 0.25) is 0 Å². The average molecular weight is 410 g/mol. The number of aliphatic imine (C=N–C) groups is 1. The van der Waals surface area contributed by atoms with E-state index in [4.69, 9.17) is 9.73 Å². The van der Waals surface area contributed by atoms with Gasteiger partial charge in [-0.25, -0.2) is 9.38 Å². The molecule has 2 heterocycles. The van der Waals surface area contributed by atoms with Crippen molar-refractivity contribution in [1.82, 2.24) is 10.2 Å². The fraction of sp³-hybridized carbons (Fsp3) is 0.318. The van der Waals surface area contributed by atoms with E-state index in [2.05, 4.69) is 10.2 Å². The second-order valence-electron chi connectivity index (χ2n) is 7.25. The molecule has 1 N–H and O–H groups in total. The highest BCUT2D eigenvalue weighted by molar-refractivity contribution is 6.08. The molecule has 4 rings (SSSR count). The van der Waals surface area contributed by atoms with Crippen LogP contribution in [0.1, 0.15) is 11.6 Å². The van der Waals surface area contributed by atoms with Crippen LogP contribution in [0.3, 0.4) is 0 Å². The molecule has 2 aliphatic heterocycles. The molecule has 2 atom stereocenters. The topological polar surface area (TPSA) is 74.2 Å². The number of guanidine groups is 1. The number of carbonyl (C=O) groups excluding carboxylic acids is 2. The fourth-order valence-corrected chi connectivity index (χ4v) is 3.84. The zero-order valence-corrected chi connectivity index (χ0v) is 16.6. The van der Waals surface area contributed by atoms with Gasteiger partial charge in [-0.1, -0.05) is 30.3 Å². The summed E-state index contributed by atoms with van der Waals surface area (Å²) < 4.78 is 18.0. The van der Waals surface area contributed by atoms with Gasteiger partial charge in [-0.3, -0.25) is 14.9 Å². The van der Waals surface area contributed by atoms with Crippen LogP contribution >= 0.6 is 0 Å². The fourth-order valence-electron chi connectivity index (χ4n) is 3.84. The Bertz CT molecular complexity index is 941. The van der Waals surface area contributed by atoms with Crippen molar-refractivity contribution in [2.75, 3.05) is 38.2 Å². The largest absolute Gasteiger partial charge is 0.468 e. The number of hydrogen-bond acceptors (Lipinski definition) is 6. The quantitative estimate of drug-likeness (QED) is 0.619. The number of nitrogens with zero attached hydrogens (tertiary/aromatic N) is 3. The number of esters is 1. The number of carbonyl (C=O) groups is 2. The van der Waals surface area contributed by atoms with Crippen molar-refractivity contribution in [2.24, 2.45) is 10.9 Å². The van der Waals surface area contributed by atoms with Crippen LogP contribution in [0, 0.1) is 11.7 Å². The predicted octanol–water partition coefficient (Wildman–Crippen LogP) is 1.96. The van der Waals surface area contributed by atoms with Crippen molar-refractivity contribution >= 4 is 23.5 Å². The Morgan fingerprint density at radius 3 is 2.30 bits per heavy atom. The van der Waals surface area contributed by atoms with E-state index in [0.29, 0.717) is 32.1 Å². The van der Waals surface area contributed by atoms with Gasteiger partial charge in [0.25, 0.3) is 0 Å². The summed E-state index contributed by atoms with van der Waals surface area (Å²) >= 11 is 0. The van der Waals surface area contributed by atoms with Crippen LogP contribution in [-0.2, 0) is 14.3 Å². The Hall–Kier alpha value is -3.42. The molecular weight excluding hydrogens is 387 g/mol. The number of halogens is 1. The van der Waals surface area contributed by atoms with E-state index < -0.39 is 23.8 Å². The summed E-state index contributed by atoms with van der Waals surface area (Å²) in [7, 11) is 1.27. The lowest BCUT2D eigenvalue weighted by atomic mass is 9.91. The van der Waals surface area contributed by atoms with Gasteiger partial charge in [-0.2, -0.15) is 0 Å². The second kappa shape index (κ2) is 8.52. The summed E-state index contributed by atoms with van der Waals surface area (Å²) in [5, 5.41) is 2.78. The number of amides is 1. The van der Waals surface area contributed by atoms with Crippen LogP contribution in [-0.4, -0.2) is 56.0 Å². The van der Waals surface area contributed by atoms with E-state index in [1.165, 1.54) is 19.2 Å². The lowest BCUT2D eigenvalue weighted by Gasteiger charge is -2.39. The van der Waals surface area contributed by atoms with E-state index in [9.17, 15) is 14.0 Å². The first kappa shape index (κ1) is 19.9. The smallest absolute Gasteiger partial charge is 0.320 e. The Morgan fingerprint density at radius 2 is 1.67 bits per heavy atom. The Kier molecular flexibility index (Phi) is 5.65. The first-order valence-corrected chi connectivity index (χ1v) is 9.83. The maximum absolute atomic E-state index is 13.2. The van der Waals surface area contributed by atoms with E-state index in [-0.39, 0.29) is 5.82 Å². The van der Waals surface area contributed by atoms with E-state index in [1.807, 2.05) is 35.2 Å². The molecule has 2 aromatic carbocycles. The minimum Gasteiger partial charge on any atom is -0.468 e. The molecule has 0 aliphatic carbocycles. The van der Waals surface area contributed by atoms with Gasteiger partial charge in [0.2, 0.25) is 11.9 Å². The number of nitrogens with one attached hydrogen (secondary N) is 1. The third-order valence-electron chi connectivity index (χ3n) is 5.46. The molecule has 0 saturated carbocycles. The molecule has 8 heteroatoms.